The first-order chi connectivity index (χ1) is 14.8. The number of hydrogen-bond donors (Lipinski definition) is 1. The van der Waals surface area contributed by atoms with Gasteiger partial charge in [-0.1, -0.05) is 6.07 Å². The van der Waals surface area contributed by atoms with Gasteiger partial charge in [0.25, 0.3) is 5.56 Å². The third-order valence-corrected chi connectivity index (χ3v) is 4.95. The van der Waals surface area contributed by atoms with Gasteiger partial charge in [0.15, 0.2) is 22.7 Å². The van der Waals surface area contributed by atoms with Crippen molar-refractivity contribution < 1.29 is 14.3 Å². The normalized spacial score (nSPS) is 12.0. The van der Waals surface area contributed by atoms with Crippen LogP contribution in [-0.4, -0.2) is 37.8 Å². The topological polar surface area (TPSA) is 109 Å². The molecule has 0 aliphatic heterocycles. The second-order valence-electron chi connectivity index (χ2n) is 7.12. The summed E-state index contributed by atoms with van der Waals surface area (Å²) in [5.41, 5.74) is 0.193. The zero-order valence-corrected chi connectivity index (χ0v) is 18.3. The Labute approximate surface area is 179 Å². The predicted octanol–water partition coefficient (Wildman–Crippen LogP) is 1.11. The number of carbonyl (C=O) groups is 1. The average Bonchev–Trinajstić information content (AvgIpc) is 3.13. The third kappa shape index (κ3) is 4.32. The van der Waals surface area contributed by atoms with Gasteiger partial charge >= 0.3 is 5.69 Å². The number of benzene rings is 1. The van der Waals surface area contributed by atoms with E-state index in [9.17, 15) is 14.4 Å². The van der Waals surface area contributed by atoms with E-state index in [2.05, 4.69) is 10.3 Å². The molecule has 31 heavy (non-hydrogen) atoms. The molecule has 1 atom stereocenters. The van der Waals surface area contributed by atoms with E-state index >= 15 is 0 Å². The first kappa shape index (κ1) is 22.1. The van der Waals surface area contributed by atoms with Gasteiger partial charge in [0, 0.05) is 14.1 Å². The number of rotatable bonds is 8. The molecule has 1 aromatic carbocycles. The van der Waals surface area contributed by atoms with E-state index in [0.29, 0.717) is 24.7 Å². The summed E-state index contributed by atoms with van der Waals surface area (Å²) >= 11 is 0. The Bertz CT molecular complexity index is 1220. The molecule has 0 saturated carbocycles. The van der Waals surface area contributed by atoms with Gasteiger partial charge in [-0.2, -0.15) is 0 Å². The Morgan fingerprint density at radius 1 is 1.13 bits per heavy atom. The lowest BCUT2D eigenvalue weighted by molar-refractivity contribution is -0.122. The van der Waals surface area contributed by atoms with Crippen LogP contribution < -0.4 is 26.0 Å². The van der Waals surface area contributed by atoms with Crippen LogP contribution in [0.3, 0.4) is 0 Å². The van der Waals surface area contributed by atoms with Crippen LogP contribution in [0.1, 0.15) is 32.4 Å². The molecule has 2 aromatic heterocycles. The monoisotopic (exact) mass is 429 g/mol. The Morgan fingerprint density at radius 3 is 2.48 bits per heavy atom. The Balaban J connectivity index is 1.83. The van der Waals surface area contributed by atoms with E-state index in [1.807, 2.05) is 32.9 Å². The molecule has 10 nitrogen and oxygen atoms in total. The molecule has 0 fully saturated rings. The average molecular weight is 429 g/mol. The molecule has 1 amide bonds. The van der Waals surface area contributed by atoms with Crippen LogP contribution >= 0.6 is 0 Å². The Kier molecular flexibility index (Phi) is 6.47. The molecule has 0 radical (unpaired) electrons. The zero-order chi connectivity index (χ0) is 22.7. The van der Waals surface area contributed by atoms with Crippen molar-refractivity contribution >= 4 is 17.1 Å². The summed E-state index contributed by atoms with van der Waals surface area (Å²) in [7, 11) is 3.18. The van der Waals surface area contributed by atoms with Crippen LogP contribution in [-0.2, 0) is 25.4 Å². The van der Waals surface area contributed by atoms with Crippen molar-refractivity contribution in [2.24, 2.45) is 14.1 Å². The highest BCUT2D eigenvalue weighted by Gasteiger charge is 2.19. The van der Waals surface area contributed by atoms with Gasteiger partial charge in [0.1, 0.15) is 6.54 Å². The van der Waals surface area contributed by atoms with E-state index in [0.717, 1.165) is 10.1 Å². The number of nitrogens with zero attached hydrogens (tertiary/aromatic N) is 4. The van der Waals surface area contributed by atoms with Crippen molar-refractivity contribution in [2.75, 3.05) is 13.2 Å². The standard InChI is InChI=1S/C21H27N5O5/c1-6-30-15-9-8-14(10-16(15)31-7-2)13(3)23-17(27)11-26-20(28)18-19(22-12-24(18)4)25(5)21(26)29/h8-10,12-13H,6-7,11H2,1-5H3,(H,23,27). The lowest BCUT2D eigenvalue weighted by atomic mass is 10.1. The summed E-state index contributed by atoms with van der Waals surface area (Å²) in [4.78, 5) is 42.1. The van der Waals surface area contributed by atoms with Crippen molar-refractivity contribution in [3.05, 3.63) is 50.9 Å². The van der Waals surface area contributed by atoms with E-state index in [-0.39, 0.29) is 17.2 Å². The fourth-order valence-electron chi connectivity index (χ4n) is 3.39. The number of hydrogen-bond acceptors (Lipinski definition) is 6. The Morgan fingerprint density at radius 2 is 1.81 bits per heavy atom. The second-order valence-corrected chi connectivity index (χ2v) is 7.12. The van der Waals surface area contributed by atoms with Crippen LogP contribution in [0.4, 0.5) is 0 Å². The Hall–Kier alpha value is -3.56. The maximum absolute atomic E-state index is 12.8. The molecule has 2 heterocycles. The summed E-state index contributed by atoms with van der Waals surface area (Å²) in [6, 6.07) is 5.07. The van der Waals surface area contributed by atoms with Crippen molar-refractivity contribution in [3.8, 4) is 11.5 Å². The number of amides is 1. The highest BCUT2D eigenvalue weighted by molar-refractivity contribution is 5.77. The summed E-state index contributed by atoms with van der Waals surface area (Å²) in [6.45, 7) is 6.18. The fraction of sp³-hybridized carbons (Fsp3) is 0.429. The largest absolute Gasteiger partial charge is 0.490 e. The van der Waals surface area contributed by atoms with E-state index in [4.69, 9.17) is 9.47 Å². The molecule has 1 N–H and O–H groups in total. The van der Waals surface area contributed by atoms with E-state index < -0.39 is 23.7 Å². The lowest BCUT2D eigenvalue weighted by Gasteiger charge is -2.18. The van der Waals surface area contributed by atoms with Crippen molar-refractivity contribution in [3.63, 3.8) is 0 Å². The molecular weight excluding hydrogens is 402 g/mol. The van der Waals surface area contributed by atoms with Gasteiger partial charge < -0.3 is 19.4 Å². The first-order valence-electron chi connectivity index (χ1n) is 10.1. The molecule has 0 aliphatic carbocycles. The maximum atomic E-state index is 12.8. The number of ether oxygens (including phenoxy) is 2. The summed E-state index contributed by atoms with van der Waals surface area (Å²) in [6.07, 6.45) is 1.46. The van der Waals surface area contributed by atoms with Crippen LogP contribution in [0, 0.1) is 0 Å². The van der Waals surface area contributed by atoms with E-state index in [1.165, 1.54) is 22.5 Å². The quantitative estimate of drug-likeness (QED) is 0.575. The third-order valence-electron chi connectivity index (χ3n) is 4.95. The maximum Gasteiger partial charge on any atom is 0.332 e. The molecule has 0 saturated heterocycles. The molecule has 0 spiro atoms. The molecule has 3 aromatic rings. The van der Waals surface area contributed by atoms with Gasteiger partial charge in [0.05, 0.1) is 25.6 Å². The van der Waals surface area contributed by atoms with Crippen LogP contribution in [0.2, 0.25) is 0 Å². The number of fused-ring (bicyclic) bond motifs is 1. The highest BCUT2D eigenvalue weighted by Crippen LogP contribution is 2.30. The number of aryl methyl sites for hydroxylation is 2. The molecule has 0 aliphatic rings. The molecule has 1 unspecified atom stereocenters. The number of imidazole rings is 1. The minimum atomic E-state index is -0.598. The number of nitrogens with one attached hydrogen (secondary N) is 1. The molecular formula is C21H27N5O5. The van der Waals surface area contributed by atoms with Gasteiger partial charge in [-0.3, -0.25) is 14.2 Å². The number of aromatic nitrogens is 4. The van der Waals surface area contributed by atoms with E-state index in [1.54, 1.807) is 13.1 Å². The second kappa shape index (κ2) is 9.07. The van der Waals surface area contributed by atoms with Crippen LogP contribution in [0.5, 0.6) is 11.5 Å². The van der Waals surface area contributed by atoms with Crippen LogP contribution in [0.15, 0.2) is 34.1 Å². The fourth-order valence-corrected chi connectivity index (χ4v) is 3.39. The van der Waals surface area contributed by atoms with Gasteiger partial charge in [-0.05, 0) is 38.5 Å². The first-order valence-corrected chi connectivity index (χ1v) is 10.1. The van der Waals surface area contributed by atoms with Gasteiger partial charge in [-0.25, -0.2) is 14.3 Å². The summed E-state index contributed by atoms with van der Waals surface area (Å²) in [5, 5.41) is 2.83. The van der Waals surface area contributed by atoms with Crippen molar-refractivity contribution in [1.29, 1.82) is 0 Å². The summed E-state index contributed by atoms with van der Waals surface area (Å²) < 4.78 is 14.9. The molecule has 0 bridgehead atoms. The molecule has 3 rings (SSSR count). The smallest absolute Gasteiger partial charge is 0.332 e. The SMILES string of the molecule is CCOc1ccc(C(C)NC(=O)Cn2c(=O)c3c(ncn3C)n(C)c2=O)cc1OCC. The van der Waals surface area contributed by atoms with Gasteiger partial charge in [0.2, 0.25) is 5.91 Å². The lowest BCUT2D eigenvalue weighted by Crippen LogP contribution is -2.43. The minimum Gasteiger partial charge on any atom is -0.490 e. The van der Waals surface area contributed by atoms with Crippen LogP contribution in [0.25, 0.3) is 11.2 Å². The minimum absolute atomic E-state index is 0.260. The van der Waals surface area contributed by atoms with Gasteiger partial charge in [-0.15, -0.1) is 0 Å². The van der Waals surface area contributed by atoms with Crippen molar-refractivity contribution in [2.45, 2.75) is 33.4 Å². The van der Waals surface area contributed by atoms with Crippen molar-refractivity contribution in [1.82, 2.24) is 24.0 Å². The highest BCUT2D eigenvalue weighted by atomic mass is 16.5. The molecule has 10 heteroatoms. The predicted molar refractivity (Wildman–Crippen MR) is 116 cm³/mol. The molecule has 166 valence electrons. The number of carbonyl (C=O) groups excluding carboxylic acids is 1. The zero-order valence-electron chi connectivity index (χ0n) is 18.3. The summed E-state index contributed by atoms with van der Waals surface area (Å²) in [5.74, 6) is 0.765.